The third kappa shape index (κ3) is 5.45. The van der Waals surface area contributed by atoms with Crippen LogP contribution in [0, 0.1) is 11.7 Å². The Hall–Kier alpha value is -2.20. The second-order valence-electron chi connectivity index (χ2n) is 6.63. The van der Waals surface area contributed by atoms with E-state index in [1.165, 1.54) is 18.1 Å². The Kier molecular flexibility index (Phi) is 7.97. The molecule has 0 bridgehead atoms. The van der Waals surface area contributed by atoms with Crippen LogP contribution in [0.5, 0.6) is 5.75 Å². The first-order valence-corrected chi connectivity index (χ1v) is 11.0. The van der Waals surface area contributed by atoms with Gasteiger partial charge in [-0.1, -0.05) is 6.92 Å². The predicted octanol–water partition coefficient (Wildman–Crippen LogP) is 1.65. The standard InChI is InChI=1S/C19H27FN2O6S/c1-4-22(29(25,26)17-12-15(20)6-7-16(17)27-3)13-18(23)21-10-8-14(9-11-21)19(24)28-5-2/h6-7,12,14H,4-5,8-11,13H2,1-3H3. The lowest BCUT2D eigenvalue weighted by Gasteiger charge is -2.32. The number of esters is 1. The SMILES string of the molecule is CCOC(=O)C1CCN(C(=O)CN(CC)S(=O)(=O)c2cc(F)ccc2OC)CC1. The molecule has 0 aromatic heterocycles. The molecule has 1 aromatic carbocycles. The third-order valence-electron chi connectivity index (χ3n) is 4.88. The van der Waals surface area contributed by atoms with Crippen LogP contribution in [0.2, 0.25) is 0 Å². The molecule has 2 rings (SSSR count). The lowest BCUT2D eigenvalue weighted by molar-refractivity contribution is -0.151. The van der Waals surface area contributed by atoms with Crippen molar-refractivity contribution in [3.05, 3.63) is 24.0 Å². The summed E-state index contributed by atoms with van der Waals surface area (Å²) in [7, 11) is -2.84. The molecule has 8 nitrogen and oxygen atoms in total. The van der Waals surface area contributed by atoms with Crippen molar-refractivity contribution in [3.63, 3.8) is 0 Å². The predicted molar refractivity (Wildman–Crippen MR) is 103 cm³/mol. The van der Waals surface area contributed by atoms with Crippen molar-refractivity contribution in [1.29, 1.82) is 0 Å². The third-order valence-corrected chi connectivity index (χ3v) is 6.82. The smallest absolute Gasteiger partial charge is 0.309 e. The lowest BCUT2D eigenvalue weighted by Crippen LogP contribution is -2.46. The Morgan fingerprint density at radius 2 is 1.90 bits per heavy atom. The van der Waals surface area contributed by atoms with Gasteiger partial charge >= 0.3 is 5.97 Å². The zero-order chi connectivity index (χ0) is 21.6. The van der Waals surface area contributed by atoms with Crippen molar-refractivity contribution in [1.82, 2.24) is 9.21 Å². The number of likely N-dealkylation sites (N-methyl/N-ethyl adjacent to an activating group) is 1. The van der Waals surface area contributed by atoms with Gasteiger partial charge in [-0.25, -0.2) is 12.8 Å². The molecule has 1 saturated heterocycles. The Labute approximate surface area is 170 Å². The number of rotatable bonds is 8. The molecule has 1 heterocycles. The van der Waals surface area contributed by atoms with Crippen LogP contribution in [-0.4, -0.2) is 69.4 Å². The van der Waals surface area contributed by atoms with E-state index in [9.17, 15) is 22.4 Å². The van der Waals surface area contributed by atoms with Crippen molar-refractivity contribution in [2.75, 3.05) is 39.9 Å². The molecule has 0 aliphatic carbocycles. The summed E-state index contributed by atoms with van der Waals surface area (Å²) in [6.45, 7) is 4.01. The molecule has 29 heavy (non-hydrogen) atoms. The minimum Gasteiger partial charge on any atom is -0.495 e. The van der Waals surface area contributed by atoms with Crippen molar-refractivity contribution in [2.24, 2.45) is 5.92 Å². The van der Waals surface area contributed by atoms with E-state index in [4.69, 9.17) is 9.47 Å². The Morgan fingerprint density at radius 3 is 2.45 bits per heavy atom. The van der Waals surface area contributed by atoms with E-state index < -0.39 is 15.8 Å². The molecular formula is C19H27FN2O6S. The van der Waals surface area contributed by atoms with Gasteiger partial charge in [0.25, 0.3) is 0 Å². The van der Waals surface area contributed by atoms with Gasteiger partial charge in [0.15, 0.2) is 0 Å². The number of benzene rings is 1. The molecule has 10 heteroatoms. The van der Waals surface area contributed by atoms with Gasteiger partial charge in [0, 0.05) is 19.6 Å². The van der Waals surface area contributed by atoms with Gasteiger partial charge in [-0.05, 0) is 38.0 Å². The number of halogens is 1. The fourth-order valence-electron chi connectivity index (χ4n) is 3.23. The Balaban J connectivity index is 2.09. The van der Waals surface area contributed by atoms with Crippen LogP contribution in [0.4, 0.5) is 4.39 Å². The number of amides is 1. The highest BCUT2D eigenvalue weighted by molar-refractivity contribution is 7.89. The van der Waals surface area contributed by atoms with E-state index in [-0.39, 0.29) is 41.5 Å². The number of carbonyl (C=O) groups is 2. The number of carbonyl (C=O) groups excluding carboxylic acids is 2. The molecule has 1 aliphatic heterocycles. The largest absolute Gasteiger partial charge is 0.495 e. The zero-order valence-corrected chi connectivity index (χ0v) is 17.7. The van der Waals surface area contributed by atoms with Crippen LogP contribution in [0.1, 0.15) is 26.7 Å². The molecular weight excluding hydrogens is 403 g/mol. The maximum absolute atomic E-state index is 13.6. The second-order valence-corrected chi connectivity index (χ2v) is 8.54. The highest BCUT2D eigenvalue weighted by atomic mass is 32.2. The van der Waals surface area contributed by atoms with Crippen molar-refractivity contribution < 1.29 is 31.9 Å². The maximum atomic E-state index is 13.6. The first kappa shape index (κ1) is 23.1. The number of nitrogens with zero attached hydrogens (tertiary/aromatic N) is 2. The van der Waals surface area contributed by atoms with Crippen LogP contribution >= 0.6 is 0 Å². The Bertz CT molecular complexity index is 837. The zero-order valence-electron chi connectivity index (χ0n) is 16.9. The summed E-state index contributed by atoms with van der Waals surface area (Å²) in [6.07, 6.45) is 0.947. The Morgan fingerprint density at radius 1 is 1.24 bits per heavy atom. The van der Waals surface area contributed by atoms with E-state index in [0.717, 1.165) is 16.4 Å². The van der Waals surface area contributed by atoms with Crippen LogP contribution in [0.25, 0.3) is 0 Å². The molecule has 1 aromatic rings. The first-order valence-electron chi connectivity index (χ1n) is 9.52. The molecule has 1 amide bonds. The highest BCUT2D eigenvalue weighted by Crippen LogP contribution is 2.28. The topological polar surface area (TPSA) is 93.2 Å². The van der Waals surface area contributed by atoms with Crippen molar-refractivity contribution >= 4 is 21.9 Å². The number of ether oxygens (including phenoxy) is 2. The second kappa shape index (κ2) is 10.0. The van der Waals surface area contributed by atoms with Crippen molar-refractivity contribution in [2.45, 2.75) is 31.6 Å². The maximum Gasteiger partial charge on any atom is 0.309 e. The molecule has 0 unspecified atom stereocenters. The van der Waals surface area contributed by atoms with Gasteiger partial charge in [-0.15, -0.1) is 0 Å². The van der Waals surface area contributed by atoms with E-state index in [1.54, 1.807) is 13.8 Å². The van der Waals surface area contributed by atoms with E-state index in [1.807, 2.05) is 0 Å². The number of sulfonamides is 1. The van der Waals surface area contributed by atoms with Gasteiger partial charge in [0.2, 0.25) is 15.9 Å². The number of hydrogen-bond acceptors (Lipinski definition) is 6. The number of likely N-dealkylation sites (tertiary alicyclic amines) is 1. The fraction of sp³-hybridized carbons (Fsp3) is 0.579. The molecule has 0 saturated carbocycles. The average Bonchev–Trinajstić information content (AvgIpc) is 2.71. The molecule has 0 atom stereocenters. The average molecular weight is 430 g/mol. The van der Waals surface area contributed by atoms with Gasteiger partial charge in [-0.3, -0.25) is 9.59 Å². The van der Waals surface area contributed by atoms with Crippen LogP contribution < -0.4 is 4.74 Å². The molecule has 1 fully saturated rings. The summed E-state index contributed by atoms with van der Waals surface area (Å²) in [5.41, 5.74) is 0. The monoisotopic (exact) mass is 430 g/mol. The summed E-state index contributed by atoms with van der Waals surface area (Å²) in [6, 6.07) is 3.22. The summed E-state index contributed by atoms with van der Waals surface area (Å²) < 4.78 is 50.6. The number of hydrogen-bond donors (Lipinski definition) is 0. The van der Waals surface area contributed by atoms with Crippen LogP contribution in [0.3, 0.4) is 0 Å². The van der Waals surface area contributed by atoms with Crippen molar-refractivity contribution in [3.8, 4) is 5.75 Å². The minimum atomic E-state index is -4.13. The minimum absolute atomic E-state index is 0.00699. The van der Waals surface area contributed by atoms with Crippen LogP contribution in [-0.2, 0) is 24.3 Å². The summed E-state index contributed by atoms with van der Waals surface area (Å²) in [5, 5.41) is 0. The first-order chi connectivity index (χ1) is 13.7. The molecule has 0 radical (unpaired) electrons. The van der Waals surface area contributed by atoms with E-state index >= 15 is 0 Å². The summed E-state index contributed by atoms with van der Waals surface area (Å²) >= 11 is 0. The highest BCUT2D eigenvalue weighted by Gasteiger charge is 2.32. The summed E-state index contributed by atoms with van der Waals surface area (Å²) in [4.78, 5) is 25.7. The molecule has 0 N–H and O–H groups in total. The quantitative estimate of drug-likeness (QED) is 0.582. The summed E-state index contributed by atoms with van der Waals surface area (Å²) in [5.74, 6) is -1.59. The number of methoxy groups -OCH3 is 1. The fourth-order valence-corrected chi connectivity index (χ4v) is 4.80. The van der Waals surface area contributed by atoms with E-state index in [0.29, 0.717) is 32.5 Å². The van der Waals surface area contributed by atoms with E-state index in [2.05, 4.69) is 0 Å². The van der Waals surface area contributed by atoms with Gasteiger partial charge in [0.05, 0.1) is 26.2 Å². The molecule has 162 valence electrons. The normalized spacial score (nSPS) is 15.4. The van der Waals surface area contributed by atoms with Gasteiger partial charge in [0.1, 0.15) is 16.5 Å². The number of piperidine rings is 1. The molecule has 0 spiro atoms. The molecule has 1 aliphatic rings. The van der Waals surface area contributed by atoms with Crippen LogP contribution in [0.15, 0.2) is 23.1 Å². The van der Waals surface area contributed by atoms with Gasteiger partial charge < -0.3 is 14.4 Å². The van der Waals surface area contributed by atoms with Gasteiger partial charge in [-0.2, -0.15) is 4.31 Å². The lowest BCUT2D eigenvalue weighted by atomic mass is 9.97.